The minimum absolute atomic E-state index is 0. The van der Waals surface area contributed by atoms with Gasteiger partial charge in [-0.05, 0) is 42.2 Å². The van der Waals surface area contributed by atoms with Crippen molar-refractivity contribution in [2.75, 3.05) is 32.0 Å². The molecule has 0 saturated carbocycles. The molecular formula is C25H38CaN3O10PS+2. The van der Waals surface area contributed by atoms with Crippen molar-refractivity contribution in [1.29, 1.82) is 0 Å². The second kappa shape index (κ2) is 17.1. The van der Waals surface area contributed by atoms with Gasteiger partial charge in [0.1, 0.15) is 12.2 Å². The Hall–Kier alpha value is -1.29. The van der Waals surface area contributed by atoms with Crippen LogP contribution in [0.3, 0.4) is 0 Å². The van der Waals surface area contributed by atoms with E-state index >= 15 is 0 Å². The monoisotopic (exact) mass is 643 g/mol. The van der Waals surface area contributed by atoms with Crippen LogP contribution in [0.1, 0.15) is 25.8 Å². The number of hydrogen-bond donors (Lipinski definition) is 4. The van der Waals surface area contributed by atoms with Crippen LogP contribution >= 0.6 is 7.82 Å². The Morgan fingerprint density at radius 1 is 1.15 bits per heavy atom. The maximum Gasteiger partial charge on any atom is 2.00 e. The molecule has 1 heterocycles. The molecule has 1 aliphatic heterocycles. The van der Waals surface area contributed by atoms with Crippen LogP contribution in [-0.4, -0.2) is 116 Å². The number of phosphoric ester groups is 1. The van der Waals surface area contributed by atoms with Gasteiger partial charge in [-0.25, -0.2) is 17.8 Å². The average molecular weight is 644 g/mol. The summed E-state index contributed by atoms with van der Waals surface area (Å²) < 4.78 is 56.2. The van der Waals surface area contributed by atoms with Gasteiger partial charge in [0.2, 0.25) is 10.0 Å². The Labute approximate surface area is 270 Å². The van der Waals surface area contributed by atoms with E-state index in [0.29, 0.717) is 18.7 Å². The molecule has 0 aliphatic carbocycles. The molecule has 0 aromatic heterocycles. The molecule has 2 aromatic carbocycles. The van der Waals surface area contributed by atoms with Gasteiger partial charge in [-0.3, -0.25) is 4.52 Å². The second-order valence-electron chi connectivity index (χ2n) is 9.75. The smallest absolute Gasteiger partial charge is 0.444 e. The largest absolute Gasteiger partial charge is 2.00 e. The SMILES string of the molecule is CC(C)CN(C[C@@H](OP(=O)(O)O)[C@H](Cc1ccccc1)NC(=O)O[C@H]1CCOC1)S(=O)(=O)c1ccc(N)cc1.O.[Ca+2]. The summed E-state index contributed by atoms with van der Waals surface area (Å²) in [4.78, 5) is 32.3. The van der Waals surface area contributed by atoms with E-state index < -0.39 is 48.7 Å². The Bertz CT molecular complexity index is 1230. The van der Waals surface area contributed by atoms with Crippen LogP contribution < -0.4 is 11.1 Å². The van der Waals surface area contributed by atoms with Crippen LogP contribution in [0.15, 0.2) is 59.5 Å². The molecule has 3 rings (SSSR count). The summed E-state index contributed by atoms with van der Waals surface area (Å²) in [5, 5.41) is 2.65. The van der Waals surface area contributed by atoms with Crippen molar-refractivity contribution in [3.8, 4) is 0 Å². The van der Waals surface area contributed by atoms with Crippen LogP contribution in [0.25, 0.3) is 0 Å². The first kappa shape index (κ1) is 37.7. The number of ether oxygens (including phenoxy) is 2. The molecule has 3 atom stereocenters. The molecule has 1 amide bonds. The van der Waals surface area contributed by atoms with Gasteiger partial charge in [0.25, 0.3) is 0 Å². The minimum Gasteiger partial charge on any atom is -0.444 e. The maximum atomic E-state index is 13.6. The number of amides is 1. The third-order valence-electron chi connectivity index (χ3n) is 5.96. The number of sulfonamides is 1. The quantitative estimate of drug-likeness (QED) is 0.140. The van der Waals surface area contributed by atoms with Crippen LogP contribution in [0.4, 0.5) is 10.5 Å². The van der Waals surface area contributed by atoms with Gasteiger partial charge in [0.15, 0.2) is 0 Å². The second-order valence-corrected chi connectivity index (χ2v) is 12.9. The van der Waals surface area contributed by atoms with Crippen molar-refractivity contribution in [3.63, 3.8) is 0 Å². The summed E-state index contributed by atoms with van der Waals surface area (Å²) in [6.07, 6.45) is -2.14. The van der Waals surface area contributed by atoms with E-state index in [1.54, 1.807) is 30.3 Å². The van der Waals surface area contributed by atoms with Crippen molar-refractivity contribution >= 4 is 67.4 Å². The molecule has 1 fully saturated rings. The number of nitrogens with zero attached hydrogens (tertiary/aromatic N) is 1. The van der Waals surface area contributed by atoms with Crippen molar-refractivity contribution < 1.29 is 47.0 Å². The number of carbonyl (C=O) groups excluding carboxylic acids is 1. The van der Waals surface area contributed by atoms with Gasteiger partial charge in [0, 0.05) is 25.2 Å². The van der Waals surface area contributed by atoms with Gasteiger partial charge in [-0.2, -0.15) is 4.31 Å². The molecule has 0 unspecified atom stereocenters. The predicted octanol–water partition coefficient (Wildman–Crippen LogP) is 1.31. The van der Waals surface area contributed by atoms with Gasteiger partial charge in [0.05, 0.1) is 24.2 Å². The molecule has 2 aromatic rings. The number of hydrogen-bond acceptors (Lipinski definition) is 8. The minimum atomic E-state index is -5.12. The summed E-state index contributed by atoms with van der Waals surface area (Å²) in [6, 6.07) is 13.5. The van der Waals surface area contributed by atoms with Crippen LogP contribution in [-0.2, 0) is 35.0 Å². The zero-order valence-electron chi connectivity index (χ0n) is 23.1. The van der Waals surface area contributed by atoms with Gasteiger partial charge >= 0.3 is 51.7 Å². The zero-order chi connectivity index (χ0) is 28.6. The number of rotatable bonds is 13. The number of carbonyl (C=O) groups is 1. The normalized spacial score (nSPS) is 16.9. The Balaban J connectivity index is 0.00000420. The molecule has 41 heavy (non-hydrogen) atoms. The summed E-state index contributed by atoms with van der Waals surface area (Å²) in [5.74, 6) is -0.142. The number of nitrogens with one attached hydrogen (secondary N) is 1. The molecular weight excluding hydrogens is 605 g/mol. The fraction of sp³-hybridized carbons (Fsp3) is 0.480. The average Bonchev–Trinajstić information content (AvgIpc) is 3.35. The van der Waals surface area contributed by atoms with Crippen molar-refractivity contribution in [3.05, 3.63) is 60.2 Å². The first-order valence-electron chi connectivity index (χ1n) is 12.5. The molecule has 7 N–H and O–H groups in total. The first-order chi connectivity index (χ1) is 18.3. The van der Waals surface area contributed by atoms with Gasteiger partial charge < -0.3 is 35.8 Å². The molecule has 224 valence electrons. The topological polar surface area (TPSA) is 209 Å². The number of nitrogen functional groups attached to an aromatic ring is 1. The Kier molecular flexibility index (Phi) is 15.8. The predicted molar refractivity (Wildman–Crippen MR) is 154 cm³/mol. The Morgan fingerprint density at radius 3 is 2.32 bits per heavy atom. The van der Waals surface area contributed by atoms with E-state index in [4.69, 9.17) is 19.7 Å². The van der Waals surface area contributed by atoms with E-state index in [9.17, 15) is 27.6 Å². The first-order valence-corrected chi connectivity index (χ1v) is 15.5. The third-order valence-corrected chi connectivity index (χ3v) is 8.35. The molecule has 0 radical (unpaired) electrons. The zero-order valence-corrected chi connectivity index (χ0v) is 27.0. The summed E-state index contributed by atoms with van der Waals surface area (Å²) in [6.45, 7) is 3.87. The molecule has 0 spiro atoms. The molecule has 13 nitrogen and oxygen atoms in total. The standard InChI is InChI=1S/C25H36N3O9PS.Ca.H2O/c1-18(2)15-28(39(33,34)22-10-8-20(26)9-11-22)16-24(37-38(30,31)32)23(14-19-6-4-3-5-7-19)27-25(29)36-21-12-13-35-17-21;;/h3-11,18,21,23-24H,12-17,26H2,1-2H3,(H,27,29)(H2,30,31,32);;1H2/q;+2;/t21-,23-,24+;;/m0../s1. The fourth-order valence-electron chi connectivity index (χ4n) is 4.16. The van der Waals surface area contributed by atoms with E-state index in [-0.39, 0.29) is 73.6 Å². The van der Waals surface area contributed by atoms with E-state index in [1.165, 1.54) is 24.3 Å². The third kappa shape index (κ3) is 12.5. The maximum absolute atomic E-state index is 13.6. The summed E-state index contributed by atoms with van der Waals surface area (Å²) in [7, 11) is -9.26. The van der Waals surface area contributed by atoms with E-state index in [2.05, 4.69) is 5.32 Å². The number of benzene rings is 2. The number of phosphoric acid groups is 1. The van der Waals surface area contributed by atoms with Crippen LogP contribution in [0.5, 0.6) is 0 Å². The molecule has 1 aliphatic rings. The van der Waals surface area contributed by atoms with Crippen molar-refractivity contribution in [2.45, 2.75) is 49.8 Å². The number of anilines is 1. The molecule has 16 heteroatoms. The number of alkyl carbamates (subject to hydrolysis) is 1. The Morgan fingerprint density at radius 2 is 1.78 bits per heavy atom. The number of nitrogens with two attached hydrogens (primary N) is 1. The fourth-order valence-corrected chi connectivity index (χ4v) is 6.35. The molecule has 0 bridgehead atoms. The molecule has 1 saturated heterocycles. The van der Waals surface area contributed by atoms with Crippen LogP contribution in [0, 0.1) is 5.92 Å². The van der Waals surface area contributed by atoms with E-state index in [0.717, 1.165) is 9.87 Å². The van der Waals surface area contributed by atoms with Crippen LogP contribution in [0.2, 0.25) is 0 Å². The summed E-state index contributed by atoms with van der Waals surface area (Å²) >= 11 is 0. The van der Waals surface area contributed by atoms with E-state index in [1.807, 2.05) is 13.8 Å². The van der Waals surface area contributed by atoms with Gasteiger partial charge in [-0.15, -0.1) is 0 Å². The van der Waals surface area contributed by atoms with Crippen molar-refractivity contribution in [2.24, 2.45) is 5.92 Å². The van der Waals surface area contributed by atoms with Gasteiger partial charge in [-0.1, -0.05) is 44.2 Å². The summed E-state index contributed by atoms with van der Waals surface area (Å²) in [5.41, 5.74) is 6.82. The van der Waals surface area contributed by atoms with Crippen molar-refractivity contribution in [1.82, 2.24) is 9.62 Å².